The maximum atomic E-state index is 3.54. The van der Waals surface area contributed by atoms with E-state index in [0.717, 1.165) is 19.0 Å². The Bertz CT molecular complexity index is 236. The number of hydrogen-bond donors (Lipinski definition) is 1. The first-order valence-electron chi connectivity index (χ1n) is 7.43. The van der Waals surface area contributed by atoms with Gasteiger partial charge in [0.05, 0.1) is 0 Å². The third-order valence-electron chi connectivity index (χ3n) is 4.38. The number of nitrogens with one attached hydrogen (secondary N) is 1. The predicted octanol–water partition coefficient (Wildman–Crippen LogP) is 0.164. The molecule has 4 nitrogen and oxygen atoms in total. The summed E-state index contributed by atoms with van der Waals surface area (Å²) in [7, 11) is 6.61. The van der Waals surface area contributed by atoms with Crippen molar-refractivity contribution in [2.75, 3.05) is 67.0 Å². The average molecular weight is 254 g/mol. The smallest absolute Gasteiger partial charge is 0.0348 e. The summed E-state index contributed by atoms with van der Waals surface area (Å²) in [5.41, 5.74) is 0. The summed E-state index contributed by atoms with van der Waals surface area (Å²) in [4.78, 5) is 7.51. The molecule has 0 saturated carbocycles. The quantitative estimate of drug-likeness (QED) is 0.772. The molecule has 0 aliphatic carbocycles. The number of likely N-dealkylation sites (N-methyl/N-ethyl adjacent to an activating group) is 1. The van der Waals surface area contributed by atoms with Crippen LogP contribution in [0, 0.1) is 5.92 Å². The molecule has 0 aromatic heterocycles. The maximum Gasteiger partial charge on any atom is 0.0348 e. The molecular formula is C14H30N4. The van der Waals surface area contributed by atoms with E-state index >= 15 is 0 Å². The van der Waals surface area contributed by atoms with Gasteiger partial charge in [0, 0.05) is 38.8 Å². The topological polar surface area (TPSA) is 21.8 Å². The van der Waals surface area contributed by atoms with Gasteiger partial charge in [0.2, 0.25) is 0 Å². The summed E-state index contributed by atoms with van der Waals surface area (Å²) in [5, 5.41) is 3.54. The van der Waals surface area contributed by atoms with E-state index in [4.69, 9.17) is 0 Å². The highest BCUT2D eigenvalue weighted by Gasteiger charge is 2.26. The van der Waals surface area contributed by atoms with Crippen LogP contribution < -0.4 is 5.32 Å². The summed E-state index contributed by atoms with van der Waals surface area (Å²) in [6, 6.07) is 0.702. The van der Waals surface area contributed by atoms with Gasteiger partial charge in [0.1, 0.15) is 0 Å². The van der Waals surface area contributed by atoms with Crippen LogP contribution in [-0.4, -0.2) is 87.7 Å². The van der Waals surface area contributed by atoms with E-state index in [-0.39, 0.29) is 0 Å². The van der Waals surface area contributed by atoms with Crippen LogP contribution in [0.1, 0.15) is 12.8 Å². The van der Waals surface area contributed by atoms with Crippen molar-refractivity contribution in [3.8, 4) is 0 Å². The van der Waals surface area contributed by atoms with Gasteiger partial charge in [-0.2, -0.15) is 0 Å². The van der Waals surface area contributed by atoms with Gasteiger partial charge in [-0.15, -0.1) is 0 Å². The summed E-state index contributed by atoms with van der Waals surface area (Å²) in [6.07, 6.45) is 2.77. The lowest BCUT2D eigenvalue weighted by Gasteiger charge is -2.41. The number of piperazine rings is 1. The molecule has 2 heterocycles. The van der Waals surface area contributed by atoms with Gasteiger partial charge in [-0.3, -0.25) is 4.90 Å². The minimum Gasteiger partial charge on any atom is -0.314 e. The SMILES string of the molecule is CN(C)C[C@H]1CNCCN1CC1CCN(C)CC1. The first-order chi connectivity index (χ1) is 8.65. The molecule has 0 amide bonds. The lowest BCUT2D eigenvalue weighted by molar-refractivity contribution is 0.0932. The van der Waals surface area contributed by atoms with Crippen LogP contribution in [0.4, 0.5) is 0 Å². The van der Waals surface area contributed by atoms with E-state index in [1.54, 1.807) is 0 Å². The van der Waals surface area contributed by atoms with Crippen LogP contribution in [0.2, 0.25) is 0 Å². The van der Waals surface area contributed by atoms with Crippen molar-refractivity contribution in [2.24, 2.45) is 5.92 Å². The maximum absolute atomic E-state index is 3.54. The van der Waals surface area contributed by atoms with Gasteiger partial charge in [-0.1, -0.05) is 0 Å². The van der Waals surface area contributed by atoms with Crippen molar-refractivity contribution in [1.29, 1.82) is 0 Å². The molecule has 2 fully saturated rings. The largest absolute Gasteiger partial charge is 0.314 e. The fourth-order valence-corrected chi connectivity index (χ4v) is 3.22. The van der Waals surface area contributed by atoms with Gasteiger partial charge in [0.15, 0.2) is 0 Å². The third-order valence-corrected chi connectivity index (χ3v) is 4.38. The molecule has 0 spiro atoms. The minimum absolute atomic E-state index is 0.702. The predicted molar refractivity (Wildman–Crippen MR) is 77.0 cm³/mol. The summed E-state index contributed by atoms with van der Waals surface area (Å²) < 4.78 is 0. The number of rotatable bonds is 4. The van der Waals surface area contributed by atoms with Gasteiger partial charge < -0.3 is 15.1 Å². The van der Waals surface area contributed by atoms with Gasteiger partial charge >= 0.3 is 0 Å². The molecule has 2 aliphatic rings. The highest BCUT2D eigenvalue weighted by Crippen LogP contribution is 2.19. The van der Waals surface area contributed by atoms with E-state index in [1.807, 2.05) is 0 Å². The molecule has 18 heavy (non-hydrogen) atoms. The van der Waals surface area contributed by atoms with E-state index in [0.29, 0.717) is 6.04 Å². The van der Waals surface area contributed by atoms with Gasteiger partial charge in [-0.25, -0.2) is 0 Å². The average Bonchev–Trinajstić information content (AvgIpc) is 2.34. The molecule has 0 aromatic carbocycles. The Morgan fingerprint density at radius 3 is 2.56 bits per heavy atom. The number of nitrogens with zero attached hydrogens (tertiary/aromatic N) is 3. The van der Waals surface area contributed by atoms with Crippen molar-refractivity contribution >= 4 is 0 Å². The molecule has 106 valence electrons. The fraction of sp³-hybridized carbons (Fsp3) is 1.00. The normalized spacial score (nSPS) is 29.0. The number of likely N-dealkylation sites (tertiary alicyclic amines) is 1. The van der Waals surface area contributed by atoms with E-state index in [1.165, 1.54) is 45.6 Å². The highest BCUT2D eigenvalue weighted by molar-refractivity contribution is 4.84. The Hall–Kier alpha value is -0.160. The molecule has 1 atom stereocenters. The fourth-order valence-electron chi connectivity index (χ4n) is 3.22. The minimum atomic E-state index is 0.702. The molecule has 4 heteroatoms. The van der Waals surface area contributed by atoms with E-state index < -0.39 is 0 Å². The lowest BCUT2D eigenvalue weighted by Crippen LogP contribution is -2.56. The summed E-state index contributed by atoms with van der Waals surface area (Å²) in [6.45, 7) is 8.62. The second-order valence-electron chi connectivity index (χ2n) is 6.36. The molecule has 2 rings (SSSR count). The molecule has 2 saturated heterocycles. The van der Waals surface area contributed by atoms with Gasteiger partial charge in [0.25, 0.3) is 0 Å². The Labute approximate surface area is 112 Å². The molecule has 0 radical (unpaired) electrons. The van der Waals surface area contributed by atoms with Crippen LogP contribution in [0.5, 0.6) is 0 Å². The van der Waals surface area contributed by atoms with Crippen LogP contribution in [0.15, 0.2) is 0 Å². The Morgan fingerprint density at radius 2 is 1.89 bits per heavy atom. The molecule has 0 unspecified atom stereocenters. The first kappa shape index (κ1) is 14.3. The second kappa shape index (κ2) is 6.85. The number of piperidine rings is 1. The van der Waals surface area contributed by atoms with Crippen molar-refractivity contribution in [3.05, 3.63) is 0 Å². The van der Waals surface area contributed by atoms with Crippen LogP contribution in [0.25, 0.3) is 0 Å². The Balaban J connectivity index is 1.81. The van der Waals surface area contributed by atoms with Crippen molar-refractivity contribution in [2.45, 2.75) is 18.9 Å². The lowest BCUT2D eigenvalue weighted by atomic mass is 9.95. The molecule has 2 aliphatic heterocycles. The second-order valence-corrected chi connectivity index (χ2v) is 6.36. The zero-order chi connectivity index (χ0) is 13.0. The molecule has 1 N–H and O–H groups in total. The standard InChI is InChI=1S/C14H30N4/c1-16(2)12-14-10-15-6-9-18(14)11-13-4-7-17(3)8-5-13/h13-15H,4-12H2,1-3H3/t14-/m1/s1. The van der Waals surface area contributed by atoms with Crippen molar-refractivity contribution in [3.63, 3.8) is 0 Å². The first-order valence-corrected chi connectivity index (χ1v) is 7.43. The Kier molecular flexibility index (Phi) is 5.42. The summed E-state index contributed by atoms with van der Waals surface area (Å²) in [5.74, 6) is 0.920. The zero-order valence-corrected chi connectivity index (χ0v) is 12.4. The van der Waals surface area contributed by atoms with Crippen LogP contribution in [-0.2, 0) is 0 Å². The zero-order valence-electron chi connectivity index (χ0n) is 12.4. The van der Waals surface area contributed by atoms with Crippen molar-refractivity contribution < 1.29 is 0 Å². The van der Waals surface area contributed by atoms with Gasteiger partial charge in [-0.05, 0) is 53.0 Å². The number of hydrogen-bond acceptors (Lipinski definition) is 4. The summed E-state index contributed by atoms with van der Waals surface area (Å²) >= 11 is 0. The highest BCUT2D eigenvalue weighted by atomic mass is 15.3. The third kappa shape index (κ3) is 4.19. The van der Waals surface area contributed by atoms with Crippen LogP contribution in [0.3, 0.4) is 0 Å². The Morgan fingerprint density at radius 1 is 1.17 bits per heavy atom. The van der Waals surface area contributed by atoms with Crippen molar-refractivity contribution in [1.82, 2.24) is 20.0 Å². The molecule has 0 bridgehead atoms. The molecular weight excluding hydrogens is 224 g/mol. The van der Waals surface area contributed by atoms with E-state index in [9.17, 15) is 0 Å². The van der Waals surface area contributed by atoms with Crippen LogP contribution >= 0.6 is 0 Å². The molecule has 0 aromatic rings. The van der Waals surface area contributed by atoms with E-state index in [2.05, 4.69) is 41.2 Å². The monoisotopic (exact) mass is 254 g/mol.